The Bertz CT molecular complexity index is 1050. The zero-order chi connectivity index (χ0) is 18.3. The van der Waals surface area contributed by atoms with Crippen LogP contribution in [0.3, 0.4) is 0 Å². The lowest BCUT2D eigenvalue weighted by Crippen LogP contribution is -2.04. The molecular weight excluding hydrogens is 368 g/mol. The SMILES string of the molecule is Fc1ccc(Cc2nn3c(-c4ccc(C(F)(F)F)cc4)nnc3s2)cc1. The van der Waals surface area contributed by atoms with Crippen LogP contribution in [0, 0.1) is 5.82 Å². The van der Waals surface area contributed by atoms with E-state index in [1.165, 1.54) is 40.1 Å². The Morgan fingerprint density at radius 1 is 0.923 bits per heavy atom. The molecule has 4 aromatic rings. The first-order chi connectivity index (χ1) is 12.4. The van der Waals surface area contributed by atoms with Gasteiger partial charge in [-0.3, -0.25) is 0 Å². The molecule has 0 amide bonds. The van der Waals surface area contributed by atoms with Gasteiger partial charge in [0.1, 0.15) is 10.8 Å². The van der Waals surface area contributed by atoms with Crippen LogP contribution < -0.4 is 0 Å². The quantitative estimate of drug-likeness (QED) is 0.489. The van der Waals surface area contributed by atoms with Crippen molar-refractivity contribution in [1.29, 1.82) is 0 Å². The Morgan fingerprint density at radius 2 is 1.62 bits per heavy atom. The van der Waals surface area contributed by atoms with Crippen LogP contribution in [-0.4, -0.2) is 19.8 Å². The van der Waals surface area contributed by atoms with E-state index < -0.39 is 11.7 Å². The summed E-state index contributed by atoms with van der Waals surface area (Å²) in [5.74, 6) is 0.0619. The molecule has 2 heterocycles. The summed E-state index contributed by atoms with van der Waals surface area (Å²) in [7, 11) is 0. The molecule has 0 unspecified atom stereocenters. The maximum Gasteiger partial charge on any atom is 0.416 e. The number of hydrogen-bond donors (Lipinski definition) is 0. The predicted molar refractivity (Wildman–Crippen MR) is 88.3 cm³/mol. The molecule has 0 bridgehead atoms. The van der Waals surface area contributed by atoms with E-state index in [-0.39, 0.29) is 5.82 Å². The van der Waals surface area contributed by atoms with E-state index in [1.54, 1.807) is 12.1 Å². The fourth-order valence-corrected chi connectivity index (χ4v) is 3.36. The van der Waals surface area contributed by atoms with Crippen molar-refractivity contribution in [3.63, 3.8) is 0 Å². The molecule has 132 valence electrons. The van der Waals surface area contributed by atoms with E-state index in [9.17, 15) is 17.6 Å². The Hall–Kier alpha value is -2.81. The van der Waals surface area contributed by atoms with Gasteiger partial charge in [0.15, 0.2) is 5.82 Å². The lowest BCUT2D eigenvalue weighted by Gasteiger charge is -2.06. The lowest BCUT2D eigenvalue weighted by molar-refractivity contribution is -0.137. The second kappa shape index (κ2) is 6.17. The molecule has 0 atom stereocenters. The minimum Gasteiger partial charge on any atom is -0.207 e. The van der Waals surface area contributed by atoms with Gasteiger partial charge in [-0.15, -0.1) is 10.2 Å². The highest BCUT2D eigenvalue weighted by Crippen LogP contribution is 2.31. The second-order valence-corrected chi connectivity index (χ2v) is 6.63. The number of fused-ring (bicyclic) bond motifs is 1. The third-order valence-corrected chi connectivity index (χ3v) is 4.67. The molecule has 9 heteroatoms. The van der Waals surface area contributed by atoms with E-state index >= 15 is 0 Å². The van der Waals surface area contributed by atoms with E-state index in [0.717, 1.165) is 22.7 Å². The van der Waals surface area contributed by atoms with Crippen molar-refractivity contribution < 1.29 is 17.6 Å². The maximum absolute atomic E-state index is 13.0. The normalized spacial score (nSPS) is 12.0. The number of hydrogen-bond acceptors (Lipinski definition) is 4. The van der Waals surface area contributed by atoms with E-state index in [1.807, 2.05) is 0 Å². The highest BCUT2D eigenvalue weighted by Gasteiger charge is 2.30. The van der Waals surface area contributed by atoms with Crippen LogP contribution >= 0.6 is 11.3 Å². The Morgan fingerprint density at radius 3 is 2.27 bits per heavy atom. The van der Waals surface area contributed by atoms with Crippen LogP contribution in [-0.2, 0) is 12.6 Å². The van der Waals surface area contributed by atoms with Crippen molar-refractivity contribution in [2.45, 2.75) is 12.6 Å². The van der Waals surface area contributed by atoms with Gasteiger partial charge >= 0.3 is 6.18 Å². The zero-order valence-corrected chi connectivity index (χ0v) is 13.9. The van der Waals surface area contributed by atoms with Crippen LogP contribution in [0.5, 0.6) is 0 Å². The van der Waals surface area contributed by atoms with Crippen LogP contribution in [0.2, 0.25) is 0 Å². The van der Waals surface area contributed by atoms with Crippen molar-refractivity contribution in [2.24, 2.45) is 0 Å². The summed E-state index contributed by atoms with van der Waals surface area (Å²) in [5.41, 5.74) is 0.661. The van der Waals surface area contributed by atoms with E-state index in [2.05, 4.69) is 15.3 Å². The molecule has 4 nitrogen and oxygen atoms in total. The van der Waals surface area contributed by atoms with Gasteiger partial charge in [-0.1, -0.05) is 35.6 Å². The molecule has 4 rings (SSSR count). The fourth-order valence-electron chi connectivity index (χ4n) is 2.49. The Balaban J connectivity index is 1.64. The number of alkyl halides is 3. The van der Waals surface area contributed by atoms with Crippen LogP contribution in [0.15, 0.2) is 48.5 Å². The monoisotopic (exact) mass is 378 g/mol. The largest absolute Gasteiger partial charge is 0.416 e. The van der Waals surface area contributed by atoms with Crippen molar-refractivity contribution in [3.05, 3.63) is 70.5 Å². The summed E-state index contributed by atoms with van der Waals surface area (Å²) in [4.78, 5) is 0.539. The third kappa shape index (κ3) is 3.17. The summed E-state index contributed by atoms with van der Waals surface area (Å²) < 4.78 is 52.5. The fraction of sp³-hybridized carbons (Fsp3) is 0.118. The third-order valence-electron chi connectivity index (χ3n) is 3.77. The molecule has 0 fully saturated rings. The Kier molecular flexibility index (Phi) is 3.95. The van der Waals surface area contributed by atoms with Crippen LogP contribution in [0.1, 0.15) is 16.1 Å². The van der Waals surface area contributed by atoms with Crippen molar-refractivity contribution in [3.8, 4) is 11.4 Å². The number of nitrogens with zero attached hydrogens (tertiary/aromatic N) is 4. The van der Waals surface area contributed by atoms with Crippen LogP contribution in [0.25, 0.3) is 16.3 Å². The highest BCUT2D eigenvalue weighted by atomic mass is 32.1. The van der Waals surface area contributed by atoms with Gasteiger partial charge < -0.3 is 0 Å². The summed E-state index contributed by atoms with van der Waals surface area (Å²) in [6, 6.07) is 10.8. The van der Waals surface area contributed by atoms with E-state index in [0.29, 0.717) is 22.8 Å². The molecule has 0 aliphatic rings. The standard InChI is InChI=1S/C17H10F4N4S/c18-13-7-1-10(2-8-13)9-14-24-25-15(22-23-16(25)26-14)11-3-5-12(6-4-11)17(19,20)21/h1-8H,9H2. The number of halogens is 4. The first-order valence-corrected chi connectivity index (χ1v) is 8.35. The number of aromatic nitrogens is 4. The average molecular weight is 378 g/mol. The average Bonchev–Trinajstić information content (AvgIpc) is 3.16. The number of rotatable bonds is 3. The molecule has 0 aliphatic carbocycles. The minimum absolute atomic E-state index is 0.309. The first-order valence-electron chi connectivity index (χ1n) is 7.53. The second-order valence-electron chi connectivity index (χ2n) is 5.59. The number of benzene rings is 2. The molecular formula is C17H10F4N4S. The maximum atomic E-state index is 13.0. The van der Waals surface area contributed by atoms with Gasteiger partial charge in [-0.2, -0.15) is 22.8 Å². The smallest absolute Gasteiger partial charge is 0.207 e. The highest BCUT2D eigenvalue weighted by molar-refractivity contribution is 7.16. The molecule has 2 aromatic heterocycles. The van der Waals surface area contributed by atoms with Gasteiger partial charge in [0.05, 0.1) is 5.56 Å². The molecule has 26 heavy (non-hydrogen) atoms. The summed E-state index contributed by atoms with van der Waals surface area (Å²) in [5, 5.41) is 13.2. The topological polar surface area (TPSA) is 43.1 Å². The summed E-state index contributed by atoms with van der Waals surface area (Å²) in [6.07, 6.45) is -3.89. The zero-order valence-electron chi connectivity index (χ0n) is 13.0. The van der Waals surface area contributed by atoms with Gasteiger partial charge in [0, 0.05) is 12.0 Å². The van der Waals surface area contributed by atoms with Gasteiger partial charge in [-0.05, 0) is 29.8 Å². The van der Waals surface area contributed by atoms with Gasteiger partial charge in [0.2, 0.25) is 4.96 Å². The molecule has 0 aliphatic heterocycles. The van der Waals surface area contributed by atoms with E-state index in [4.69, 9.17) is 0 Å². The van der Waals surface area contributed by atoms with Gasteiger partial charge in [0.25, 0.3) is 0 Å². The molecule has 0 spiro atoms. The minimum atomic E-state index is -4.39. The molecule has 0 saturated heterocycles. The molecule has 0 N–H and O–H groups in total. The summed E-state index contributed by atoms with van der Waals surface area (Å²) in [6.45, 7) is 0. The van der Waals surface area contributed by atoms with Gasteiger partial charge in [-0.25, -0.2) is 4.39 Å². The van der Waals surface area contributed by atoms with Crippen molar-refractivity contribution >= 4 is 16.3 Å². The molecule has 0 radical (unpaired) electrons. The summed E-state index contributed by atoms with van der Waals surface area (Å²) >= 11 is 1.32. The molecule has 2 aromatic carbocycles. The molecule has 0 saturated carbocycles. The Labute approximate surface area is 148 Å². The predicted octanol–water partition coefficient (Wildman–Crippen LogP) is 4.60. The first kappa shape index (κ1) is 16.6. The van der Waals surface area contributed by atoms with Crippen LogP contribution in [0.4, 0.5) is 17.6 Å². The van der Waals surface area contributed by atoms with Crippen molar-refractivity contribution in [2.75, 3.05) is 0 Å². The van der Waals surface area contributed by atoms with Crippen molar-refractivity contribution in [1.82, 2.24) is 19.8 Å². The lowest BCUT2D eigenvalue weighted by atomic mass is 10.1.